The maximum atomic E-state index is 11.6. The standard InChI is InChI=1S/C21H26N2O5/c1-3-7-15-10-16(21-22-17(13-28-21)20(24)23-25)11-18(19(15)26-2)27-12-14-8-5-4-6-9-14/h4-6,8-11,17,21-22,25H,3,7,12-13H2,1-2H3,(H,23,24). The van der Waals surface area contributed by atoms with Gasteiger partial charge in [0.2, 0.25) is 0 Å². The molecule has 0 saturated carbocycles. The van der Waals surface area contributed by atoms with Crippen molar-refractivity contribution in [2.75, 3.05) is 13.7 Å². The molecule has 2 unspecified atom stereocenters. The summed E-state index contributed by atoms with van der Waals surface area (Å²) in [5.41, 5.74) is 4.58. The van der Waals surface area contributed by atoms with Crippen molar-refractivity contribution in [1.82, 2.24) is 10.8 Å². The van der Waals surface area contributed by atoms with Crippen LogP contribution in [0.5, 0.6) is 11.5 Å². The van der Waals surface area contributed by atoms with Crippen molar-refractivity contribution in [2.24, 2.45) is 0 Å². The first-order valence-electron chi connectivity index (χ1n) is 9.35. The molecular formula is C21H26N2O5. The van der Waals surface area contributed by atoms with E-state index in [4.69, 9.17) is 19.4 Å². The summed E-state index contributed by atoms with van der Waals surface area (Å²) in [4.78, 5) is 11.6. The van der Waals surface area contributed by atoms with E-state index in [-0.39, 0.29) is 6.61 Å². The van der Waals surface area contributed by atoms with Gasteiger partial charge in [-0.2, -0.15) is 0 Å². The van der Waals surface area contributed by atoms with E-state index in [0.29, 0.717) is 18.1 Å². The van der Waals surface area contributed by atoms with Crippen LogP contribution in [0.3, 0.4) is 0 Å². The van der Waals surface area contributed by atoms with Crippen molar-refractivity contribution in [2.45, 2.75) is 38.6 Å². The van der Waals surface area contributed by atoms with Gasteiger partial charge in [0.25, 0.3) is 5.91 Å². The molecule has 1 amide bonds. The highest BCUT2D eigenvalue weighted by molar-refractivity contribution is 5.81. The van der Waals surface area contributed by atoms with Gasteiger partial charge in [-0.25, -0.2) is 5.48 Å². The monoisotopic (exact) mass is 386 g/mol. The number of amides is 1. The minimum Gasteiger partial charge on any atom is -0.493 e. The lowest BCUT2D eigenvalue weighted by Gasteiger charge is -2.19. The molecule has 1 aliphatic heterocycles. The summed E-state index contributed by atoms with van der Waals surface area (Å²) >= 11 is 0. The van der Waals surface area contributed by atoms with Crippen LogP contribution >= 0.6 is 0 Å². The van der Waals surface area contributed by atoms with Gasteiger partial charge in [-0.15, -0.1) is 0 Å². The van der Waals surface area contributed by atoms with Gasteiger partial charge in [-0.1, -0.05) is 43.7 Å². The second-order valence-corrected chi connectivity index (χ2v) is 6.64. The molecule has 2 aromatic rings. The third kappa shape index (κ3) is 4.62. The number of hydrogen-bond acceptors (Lipinski definition) is 6. The quantitative estimate of drug-likeness (QED) is 0.478. The predicted molar refractivity (Wildman–Crippen MR) is 103 cm³/mol. The second-order valence-electron chi connectivity index (χ2n) is 6.64. The molecule has 1 aliphatic rings. The molecule has 1 saturated heterocycles. The van der Waals surface area contributed by atoms with Crippen LogP contribution in [0, 0.1) is 0 Å². The molecule has 7 heteroatoms. The molecule has 0 aliphatic carbocycles. The molecule has 3 rings (SSSR count). The first kappa shape index (κ1) is 20.1. The summed E-state index contributed by atoms with van der Waals surface area (Å²) < 4.78 is 17.4. The largest absolute Gasteiger partial charge is 0.493 e. The molecule has 0 spiro atoms. The molecule has 0 aromatic heterocycles. The number of nitrogens with one attached hydrogen (secondary N) is 2. The van der Waals surface area contributed by atoms with Crippen molar-refractivity contribution in [3.05, 3.63) is 59.2 Å². The third-order valence-electron chi connectivity index (χ3n) is 4.63. The average Bonchev–Trinajstić information content (AvgIpc) is 3.22. The number of ether oxygens (including phenoxy) is 3. The van der Waals surface area contributed by atoms with Crippen molar-refractivity contribution in [3.63, 3.8) is 0 Å². The summed E-state index contributed by atoms with van der Waals surface area (Å²) in [6.45, 7) is 2.69. The lowest BCUT2D eigenvalue weighted by atomic mass is 10.0. The van der Waals surface area contributed by atoms with E-state index in [2.05, 4.69) is 12.2 Å². The molecule has 150 valence electrons. The zero-order chi connectivity index (χ0) is 19.9. The number of carbonyl (C=O) groups is 1. The maximum absolute atomic E-state index is 11.6. The molecule has 1 heterocycles. The number of hydroxylamine groups is 1. The molecule has 28 heavy (non-hydrogen) atoms. The van der Waals surface area contributed by atoms with Crippen molar-refractivity contribution < 1.29 is 24.2 Å². The van der Waals surface area contributed by atoms with Gasteiger partial charge in [-0.05, 0) is 35.2 Å². The number of carbonyl (C=O) groups excluding carboxylic acids is 1. The van der Waals surface area contributed by atoms with Crippen LogP contribution in [0.15, 0.2) is 42.5 Å². The number of rotatable bonds is 8. The molecule has 0 radical (unpaired) electrons. The van der Waals surface area contributed by atoms with Gasteiger partial charge in [-0.3, -0.25) is 15.3 Å². The Morgan fingerprint density at radius 1 is 1.32 bits per heavy atom. The molecule has 3 N–H and O–H groups in total. The van der Waals surface area contributed by atoms with E-state index in [1.807, 2.05) is 42.5 Å². The highest BCUT2D eigenvalue weighted by atomic mass is 16.5. The van der Waals surface area contributed by atoms with Crippen LogP contribution in [-0.2, 0) is 22.6 Å². The zero-order valence-corrected chi connectivity index (χ0v) is 16.1. The molecular weight excluding hydrogens is 360 g/mol. The van der Waals surface area contributed by atoms with Crippen molar-refractivity contribution in [3.8, 4) is 11.5 Å². The van der Waals surface area contributed by atoms with Crippen LogP contribution in [-0.4, -0.2) is 30.9 Å². The second kappa shape index (κ2) is 9.54. The Bertz CT molecular complexity index is 797. The van der Waals surface area contributed by atoms with Gasteiger partial charge < -0.3 is 14.2 Å². The van der Waals surface area contributed by atoms with E-state index in [9.17, 15) is 4.79 Å². The summed E-state index contributed by atoms with van der Waals surface area (Å²) in [6.07, 6.45) is 1.31. The van der Waals surface area contributed by atoms with E-state index >= 15 is 0 Å². The van der Waals surface area contributed by atoms with Crippen LogP contribution in [0.4, 0.5) is 0 Å². The fourth-order valence-corrected chi connectivity index (χ4v) is 3.26. The highest BCUT2D eigenvalue weighted by Crippen LogP contribution is 2.37. The zero-order valence-electron chi connectivity index (χ0n) is 16.1. The van der Waals surface area contributed by atoms with Crippen molar-refractivity contribution >= 4 is 5.91 Å². The number of methoxy groups -OCH3 is 1. The lowest BCUT2D eigenvalue weighted by Crippen LogP contribution is -2.41. The average molecular weight is 386 g/mol. The summed E-state index contributed by atoms with van der Waals surface area (Å²) in [7, 11) is 1.63. The molecule has 7 nitrogen and oxygen atoms in total. The highest BCUT2D eigenvalue weighted by Gasteiger charge is 2.31. The van der Waals surface area contributed by atoms with Crippen molar-refractivity contribution in [1.29, 1.82) is 0 Å². The van der Waals surface area contributed by atoms with E-state index in [0.717, 1.165) is 29.5 Å². The van der Waals surface area contributed by atoms with E-state index < -0.39 is 18.2 Å². The van der Waals surface area contributed by atoms with Crippen LogP contribution in [0.2, 0.25) is 0 Å². The Morgan fingerprint density at radius 2 is 2.11 bits per heavy atom. The smallest absolute Gasteiger partial charge is 0.262 e. The SMILES string of the molecule is CCCc1cc(C2NC(C(=O)NO)CO2)cc(OCc2ccccc2)c1OC. The molecule has 2 aromatic carbocycles. The summed E-state index contributed by atoms with van der Waals surface area (Å²) in [6, 6.07) is 13.2. The van der Waals surface area contributed by atoms with E-state index in [1.54, 1.807) is 12.6 Å². The normalized spacial score (nSPS) is 18.7. The van der Waals surface area contributed by atoms with Gasteiger partial charge >= 0.3 is 0 Å². The lowest BCUT2D eigenvalue weighted by molar-refractivity contribution is -0.131. The van der Waals surface area contributed by atoms with Crippen LogP contribution in [0.25, 0.3) is 0 Å². The minimum atomic E-state index is -0.611. The maximum Gasteiger partial charge on any atom is 0.262 e. The Morgan fingerprint density at radius 3 is 2.79 bits per heavy atom. The predicted octanol–water partition coefficient (Wildman–Crippen LogP) is 2.72. The van der Waals surface area contributed by atoms with E-state index in [1.165, 1.54) is 0 Å². The van der Waals surface area contributed by atoms with Crippen LogP contribution in [0.1, 0.15) is 36.3 Å². The first-order chi connectivity index (χ1) is 13.7. The Balaban J connectivity index is 1.86. The van der Waals surface area contributed by atoms with Crippen LogP contribution < -0.4 is 20.3 Å². The summed E-state index contributed by atoms with van der Waals surface area (Å²) in [5, 5.41) is 11.9. The fraction of sp³-hybridized carbons (Fsp3) is 0.381. The number of aryl methyl sites for hydroxylation is 1. The summed E-state index contributed by atoms with van der Waals surface area (Å²) in [5.74, 6) is 0.822. The molecule has 0 bridgehead atoms. The number of hydrogen-bond donors (Lipinski definition) is 3. The number of benzene rings is 2. The van der Waals surface area contributed by atoms with Gasteiger partial charge in [0.05, 0.1) is 13.7 Å². The molecule has 1 fully saturated rings. The Kier molecular flexibility index (Phi) is 6.86. The first-order valence-corrected chi connectivity index (χ1v) is 9.35. The molecule has 2 atom stereocenters. The van der Waals surface area contributed by atoms with Gasteiger partial charge in [0.1, 0.15) is 18.9 Å². The van der Waals surface area contributed by atoms with Gasteiger partial charge in [0.15, 0.2) is 11.5 Å². The Hall–Kier alpha value is -2.61. The fourth-order valence-electron chi connectivity index (χ4n) is 3.26. The van der Waals surface area contributed by atoms with Gasteiger partial charge in [0, 0.05) is 0 Å². The topological polar surface area (TPSA) is 89.1 Å². The third-order valence-corrected chi connectivity index (χ3v) is 4.63. The Labute approximate surface area is 164 Å². The minimum absolute atomic E-state index is 0.173.